The topological polar surface area (TPSA) is 71.1 Å². The molecule has 0 heterocycles. The maximum atomic E-state index is 11.3. The second kappa shape index (κ2) is 9.79. The van der Waals surface area contributed by atoms with Crippen LogP contribution in [0.5, 0.6) is 0 Å². The predicted molar refractivity (Wildman–Crippen MR) is 82.6 cm³/mol. The van der Waals surface area contributed by atoms with Crippen LogP contribution in [0.2, 0.25) is 0 Å². The van der Waals surface area contributed by atoms with Gasteiger partial charge in [-0.2, -0.15) is 0 Å². The van der Waals surface area contributed by atoms with E-state index in [9.17, 15) is 9.59 Å². The van der Waals surface area contributed by atoms with Crippen LogP contribution in [0.25, 0.3) is 0 Å². The van der Waals surface area contributed by atoms with E-state index in [-0.39, 0.29) is 38.0 Å². The Morgan fingerprint density at radius 2 is 1.05 bits per heavy atom. The van der Waals surface area contributed by atoms with Crippen LogP contribution < -0.4 is 0 Å². The zero-order valence-corrected chi connectivity index (χ0v) is 14.7. The number of carbonyl (C=O) groups is 2. The van der Waals surface area contributed by atoms with Crippen LogP contribution in [0, 0.1) is 0 Å². The Labute approximate surface area is 133 Å². The molecule has 0 aromatic heterocycles. The fraction of sp³-hybridized carbons (Fsp3) is 0.875. The van der Waals surface area contributed by atoms with Gasteiger partial charge >= 0.3 is 11.9 Å². The number of rotatable bonds is 11. The highest BCUT2D eigenvalue weighted by Crippen LogP contribution is 2.29. The molecule has 0 fully saturated rings. The van der Waals surface area contributed by atoms with E-state index in [1.165, 1.54) is 0 Å². The molecular formula is C16H30O6. The standard InChI is InChI=1S/C16H30O6/c1-7-19-13(17)9-11-21-15(3,4)16(5,6)22-12-10-14(18)20-8-2/h7-12H2,1-6H3. The maximum Gasteiger partial charge on any atom is 0.308 e. The Bertz CT molecular complexity index is 315. The Morgan fingerprint density at radius 1 is 0.727 bits per heavy atom. The third kappa shape index (κ3) is 7.75. The molecule has 0 N–H and O–H groups in total. The molecule has 0 aliphatic heterocycles. The molecule has 130 valence electrons. The van der Waals surface area contributed by atoms with Gasteiger partial charge in [-0.25, -0.2) is 0 Å². The van der Waals surface area contributed by atoms with Gasteiger partial charge in [-0.15, -0.1) is 0 Å². The summed E-state index contributed by atoms with van der Waals surface area (Å²) in [5, 5.41) is 0. The number of esters is 2. The van der Waals surface area contributed by atoms with Crippen LogP contribution in [-0.4, -0.2) is 49.6 Å². The second-order valence-corrected chi connectivity index (χ2v) is 5.83. The normalized spacial score (nSPS) is 12.1. The van der Waals surface area contributed by atoms with Gasteiger partial charge < -0.3 is 18.9 Å². The van der Waals surface area contributed by atoms with E-state index in [2.05, 4.69) is 0 Å². The van der Waals surface area contributed by atoms with Crippen molar-refractivity contribution < 1.29 is 28.5 Å². The van der Waals surface area contributed by atoms with E-state index in [0.29, 0.717) is 13.2 Å². The first-order chi connectivity index (χ1) is 10.2. The summed E-state index contributed by atoms with van der Waals surface area (Å²) in [5.74, 6) is -0.557. The number of ether oxygens (including phenoxy) is 4. The van der Waals surface area contributed by atoms with Crippen molar-refractivity contribution in [2.75, 3.05) is 26.4 Å². The first-order valence-corrected chi connectivity index (χ1v) is 7.75. The lowest BCUT2D eigenvalue weighted by atomic mass is 9.89. The van der Waals surface area contributed by atoms with E-state index >= 15 is 0 Å². The first-order valence-electron chi connectivity index (χ1n) is 7.75. The van der Waals surface area contributed by atoms with Crippen molar-refractivity contribution in [1.29, 1.82) is 0 Å². The Morgan fingerprint density at radius 3 is 1.32 bits per heavy atom. The minimum Gasteiger partial charge on any atom is -0.466 e. The molecule has 0 aromatic carbocycles. The van der Waals surface area contributed by atoms with Crippen LogP contribution in [0.3, 0.4) is 0 Å². The zero-order valence-electron chi connectivity index (χ0n) is 14.7. The quantitative estimate of drug-likeness (QED) is 0.545. The van der Waals surface area contributed by atoms with Crippen LogP contribution in [-0.2, 0) is 28.5 Å². The van der Waals surface area contributed by atoms with Crippen molar-refractivity contribution in [3.63, 3.8) is 0 Å². The summed E-state index contributed by atoms with van der Waals surface area (Å²) in [6.45, 7) is 12.4. The average Bonchev–Trinajstić information content (AvgIpc) is 2.38. The summed E-state index contributed by atoms with van der Waals surface area (Å²) in [6.07, 6.45) is 0.409. The van der Waals surface area contributed by atoms with Crippen LogP contribution in [0.4, 0.5) is 0 Å². The monoisotopic (exact) mass is 318 g/mol. The maximum absolute atomic E-state index is 11.3. The largest absolute Gasteiger partial charge is 0.466 e. The number of hydrogen-bond donors (Lipinski definition) is 0. The van der Waals surface area contributed by atoms with Gasteiger partial charge in [-0.05, 0) is 41.5 Å². The van der Waals surface area contributed by atoms with Gasteiger partial charge in [-0.1, -0.05) is 0 Å². The van der Waals surface area contributed by atoms with Crippen molar-refractivity contribution in [3.8, 4) is 0 Å². The Kier molecular flexibility index (Phi) is 9.28. The van der Waals surface area contributed by atoms with Crippen molar-refractivity contribution in [3.05, 3.63) is 0 Å². The van der Waals surface area contributed by atoms with Gasteiger partial charge in [0.25, 0.3) is 0 Å². The molecule has 0 saturated heterocycles. The van der Waals surface area contributed by atoms with Crippen LogP contribution in [0.1, 0.15) is 54.4 Å². The van der Waals surface area contributed by atoms with E-state index in [0.717, 1.165) is 0 Å². The molecule has 0 saturated carbocycles. The molecule has 0 bridgehead atoms. The van der Waals surface area contributed by atoms with Crippen molar-refractivity contribution in [1.82, 2.24) is 0 Å². The number of hydrogen-bond acceptors (Lipinski definition) is 6. The lowest BCUT2D eigenvalue weighted by Crippen LogP contribution is -2.50. The Balaban J connectivity index is 4.23. The molecule has 0 atom stereocenters. The summed E-state index contributed by atoms with van der Waals surface area (Å²) in [7, 11) is 0. The van der Waals surface area contributed by atoms with E-state index in [1.807, 2.05) is 27.7 Å². The molecule has 22 heavy (non-hydrogen) atoms. The molecule has 6 nitrogen and oxygen atoms in total. The molecule has 0 unspecified atom stereocenters. The summed E-state index contributed by atoms with van der Waals surface area (Å²) in [4.78, 5) is 22.6. The fourth-order valence-corrected chi connectivity index (χ4v) is 1.59. The summed E-state index contributed by atoms with van der Waals surface area (Å²) in [6, 6.07) is 0. The minimum absolute atomic E-state index is 0.205. The Hall–Kier alpha value is -1.14. The molecule has 0 rings (SSSR count). The van der Waals surface area contributed by atoms with E-state index in [4.69, 9.17) is 18.9 Å². The summed E-state index contributed by atoms with van der Waals surface area (Å²) >= 11 is 0. The van der Waals surface area contributed by atoms with E-state index < -0.39 is 11.2 Å². The van der Waals surface area contributed by atoms with Crippen LogP contribution >= 0.6 is 0 Å². The van der Waals surface area contributed by atoms with Crippen molar-refractivity contribution in [2.45, 2.75) is 65.6 Å². The highest BCUT2D eigenvalue weighted by atomic mass is 16.6. The zero-order chi connectivity index (χ0) is 17.2. The first kappa shape index (κ1) is 20.9. The summed E-state index contributed by atoms with van der Waals surface area (Å²) < 4.78 is 21.3. The van der Waals surface area contributed by atoms with Gasteiger partial charge in [-0.3, -0.25) is 9.59 Å². The van der Waals surface area contributed by atoms with Crippen LogP contribution in [0.15, 0.2) is 0 Å². The molecule has 0 radical (unpaired) electrons. The van der Waals surface area contributed by atoms with Crippen molar-refractivity contribution >= 4 is 11.9 Å². The molecule has 6 heteroatoms. The second-order valence-electron chi connectivity index (χ2n) is 5.83. The molecule has 0 aromatic rings. The van der Waals surface area contributed by atoms with Gasteiger partial charge in [0.05, 0.1) is 50.5 Å². The lowest BCUT2D eigenvalue weighted by Gasteiger charge is -2.41. The average molecular weight is 318 g/mol. The fourth-order valence-electron chi connectivity index (χ4n) is 1.59. The smallest absolute Gasteiger partial charge is 0.308 e. The van der Waals surface area contributed by atoms with Crippen molar-refractivity contribution in [2.24, 2.45) is 0 Å². The SMILES string of the molecule is CCOC(=O)CCOC(C)(C)C(C)(C)OCCC(=O)OCC. The lowest BCUT2D eigenvalue weighted by molar-refractivity contribution is -0.182. The summed E-state index contributed by atoms with van der Waals surface area (Å²) in [5.41, 5.74) is -1.23. The minimum atomic E-state index is -0.617. The third-order valence-electron chi connectivity index (χ3n) is 3.60. The van der Waals surface area contributed by atoms with E-state index in [1.54, 1.807) is 13.8 Å². The molecular weight excluding hydrogens is 288 g/mol. The highest BCUT2D eigenvalue weighted by Gasteiger charge is 2.39. The number of carbonyl (C=O) groups excluding carboxylic acids is 2. The molecule has 0 amide bonds. The van der Waals surface area contributed by atoms with Gasteiger partial charge in [0.15, 0.2) is 0 Å². The van der Waals surface area contributed by atoms with Gasteiger partial charge in [0, 0.05) is 0 Å². The van der Waals surface area contributed by atoms with Gasteiger partial charge in [0.2, 0.25) is 0 Å². The predicted octanol–water partition coefficient (Wildman–Crippen LogP) is 2.48. The highest BCUT2D eigenvalue weighted by molar-refractivity contribution is 5.69. The third-order valence-corrected chi connectivity index (χ3v) is 3.60. The van der Waals surface area contributed by atoms with Gasteiger partial charge in [0.1, 0.15) is 0 Å². The molecule has 0 spiro atoms. The molecule has 0 aliphatic carbocycles. The molecule has 0 aliphatic rings.